The second-order valence-electron chi connectivity index (χ2n) is 33.1. The summed E-state index contributed by atoms with van der Waals surface area (Å²) in [5, 5.41) is 17.3. The Morgan fingerprint density at radius 1 is 0.0887 bits per heavy atom. The van der Waals surface area contributed by atoms with Crippen molar-refractivity contribution >= 4 is 120 Å². The Morgan fingerprint density at radius 2 is 0.274 bits per heavy atom. The van der Waals surface area contributed by atoms with E-state index in [0.717, 1.165) is 22.7 Å². The molecule has 4 heterocycles. The molecule has 0 N–H and O–H groups in total. The van der Waals surface area contributed by atoms with E-state index in [1.165, 1.54) is 220 Å². The standard InChI is InChI=1S/C120H76N4/c1-3-18-77(19-4-1)79-34-38-81(39-35-79)84-46-57-95(58-47-84)121-113-30-13-9-26-103(113)109-72-91(53-66-117(109)121)92-54-67-118-110(73-92)104-27-10-14-31-114(104)123(118)97-61-50-86(51-62-97)83-42-44-87(45-43-83)88-22-17-23-89(70-88)90-52-64-101-99-24-7-8-25-100(99)108-76-98(63-65-102(108)107(101)71-90)124-116-33-16-12-29-106(116)112-75-94(56-69-120(112)124)93-55-68-119-111(74-93)105-28-11-15-32-115(105)122(119)96-59-48-85(49-60-96)82-40-36-80(37-41-82)78-20-5-2-6-21-78/h1-76H. The molecule has 25 rings (SSSR count). The average Bonchev–Trinajstić information content (AvgIpc) is 1.19. The number of hydrogen-bond acceptors (Lipinski definition) is 0. The molecule has 0 bridgehead atoms. The summed E-state index contributed by atoms with van der Waals surface area (Å²) < 4.78 is 9.72. The van der Waals surface area contributed by atoms with Crippen LogP contribution in [0.15, 0.2) is 461 Å². The zero-order valence-electron chi connectivity index (χ0n) is 67.7. The highest BCUT2D eigenvalue weighted by Crippen LogP contribution is 2.46. The summed E-state index contributed by atoms with van der Waals surface area (Å²) in [6.45, 7) is 0. The van der Waals surface area contributed by atoms with Gasteiger partial charge in [0.2, 0.25) is 0 Å². The van der Waals surface area contributed by atoms with Crippen molar-refractivity contribution in [3.8, 4) is 123 Å². The van der Waals surface area contributed by atoms with Crippen LogP contribution in [-0.4, -0.2) is 18.3 Å². The van der Waals surface area contributed by atoms with E-state index in [1.54, 1.807) is 0 Å². The maximum absolute atomic E-state index is 2.47. The molecule has 0 atom stereocenters. The first-order valence-electron chi connectivity index (χ1n) is 42.8. The van der Waals surface area contributed by atoms with E-state index in [9.17, 15) is 0 Å². The molecule has 0 spiro atoms. The molecule has 4 nitrogen and oxygen atoms in total. The van der Waals surface area contributed by atoms with Crippen LogP contribution in [-0.2, 0) is 0 Å². The number of hydrogen-bond donors (Lipinski definition) is 0. The Bertz CT molecular complexity index is 8580. The minimum Gasteiger partial charge on any atom is -0.309 e. The predicted octanol–water partition coefficient (Wildman–Crippen LogP) is 32.5. The fourth-order valence-electron chi connectivity index (χ4n) is 20.1. The zero-order valence-corrected chi connectivity index (χ0v) is 67.7. The molecule has 4 aromatic heterocycles. The Hall–Kier alpha value is -16.4. The van der Waals surface area contributed by atoms with Crippen molar-refractivity contribution in [3.63, 3.8) is 0 Å². The van der Waals surface area contributed by atoms with Gasteiger partial charge in [-0.25, -0.2) is 0 Å². The predicted molar refractivity (Wildman–Crippen MR) is 525 cm³/mol. The van der Waals surface area contributed by atoms with Crippen molar-refractivity contribution in [3.05, 3.63) is 461 Å². The zero-order chi connectivity index (χ0) is 81.5. The Kier molecular flexibility index (Phi) is 16.3. The van der Waals surface area contributed by atoms with Crippen molar-refractivity contribution in [1.29, 1.82) is 0 Å². The van der Waals surface area contributed by atoms with Gasteiger partial charge in [0.1, 0.15) is 0 Å². The summed E-state index contributed by atoms with van der Waals surface area (Å²) in [7, 11) is 0. The van der Waals surface area contributed by atoms with Gasteiger partial charge in [-0.15, -0.1) is 0 Å². The summed E-state index contributed by atoms with van der Waals surface area (Å²) >= 11 is 0. The SMILES string of the molecule is c1ccc(-c2ccc(-c3ccc(-n4c5ccccc5c5cc(-c6ccc7c(c6)c6ccccc6n7-c6ccc(-c7ccc(-c8cccc(-c9ccc%10c%11ccccc%11c%11cc(-n%12c%13ccccc%13c%13cc(-c%14ccc%15c(c%14)c%14ccccc%14n%15-c%14ccc(-c%15ccc(-c%16ccccc%16)cc%15)cc%14)ccc%13%12)ccc%11c%10c9)c8)cc7)cc6)ccc54)cc3)cc2)cc1. The molecule has 0 amide bonds. The molecule has 576 valence electrons. The van der Waals surface area contributed by atoms with Gasteiger partial charge in [0.25, 0.3) is 0 Å². The lowest BCUT2D eigenvalue weighted by molar-refractivity contribution is 1.18. The molecule has 124 heavy (non-hydrogen) atoms. The first kappa shape index (κ1) is 70.6. The van der Waals surface area contributed by atoms with Crippen molar-refractivity contribution < 1.29 is 0 Å². The van der Waals surface area contributed by atoms with Crippen LogP contribution in [0.1, 0.15) is 0 Å². The van der Waals surface area contributed by atoms with Crippen LogP contribution in [0.25, 0.3) is 242 Å². The van der Waals surface area contributed by atoms with Gasteiger partial charge in [0, 0.05) is 65.8 Å². The molecular weight excluding hydrogens is 1500 g/mol. The van der Waals surface area contributed by atoms with Gasteiger partial charge >= 0.3 is 0 Å². The second-order valence-corrected chi connectivity index (χ2v) is 33.1. The number of fused-ring (bicyclic) bond motifs is 18. The number of rotatable bonds is 13. The highest BCUT2D eigenvalue weighted by molar-refractivity contribution is 6.27. The van der Waals surface area contributed by atoms with Crippen LogP contribution >= 0.6 is 0 Å². The van der Waals surface area contributed by atoms with Crippen molar-refractivity contribution in [2.45, 2.75) is 0 Å². The van der Waals surface area contributed by atoms with E-state index in [-0.39, 0.29) is 0 Å². The molecule has 0 aliphatic heterocycles. The fraction of sp³-hybridized carbons (Fsp3) is 0. The maximum atomic E-state index is 2.47. The average molecular weight is 1570 g/mol. The van der Waals surface area contributed by atoms with Crippen LogP contribution < -0.4 is 0 Å². The van der Waals surface area contributed by atoms with Crippen LogP contribution in [0.4, 0.5) is 0 Å². The largest absolute Gasteiger partial charge is 0.309 e. The van der Waals surface area contributed by atoms with E-state index in [1.807, 2.05) is 0 Å². The summed E-state index contributed by atoms with van der Waals surface area (Å²) in [6.07, 6.45) is 0. The van der Waals surface area contributed by atoms with Gasteiger partial charge in [-0.1, -0.05) is 328 Å². The molecule has 0 unspecified atom stereocenters. The Labute approximate surface area is 716 Å². The third-order valence-corrected chi connectivity index (χ3v) is 26.2. The lowest BCUT2D eigenvalue weighted by Crippen LogP contribution is -1.95. The van der Waals surface area contributed by atoms with Crippen LogP contribution in [0, 0.1) is 0 Å². The summed E-state index contributed by atoms with van der Waals surface area (Å²) in [5.74, 6) is 0. The van der Waals surface area contributed by atoms with Gasteiger partial charge < -0.3 is 18.3 Å². The first-order valence-corrected chi connectivity index (χ1v) is 42.8. The molecule has 0 aliphatic carbocycles. The molecule has 21 aromatic carbocycles. The summed E-state index contributed by atoms with van der Waals surface area (Å²) in [4.78, 5) is 0. The molecule has 0 saturated carbocycles. The minimum atomic E-state index is 1.13. The Balaban J connectivity index is 0.484. The fourth-order valence-corrected chi connectivity index (χ4v) is 20.1. The van der Waals surface area contributed by atoms with Crippen LogP contribution in [0.2, 0.25) is 0 Å². The molecule has 0 radical (unpaired) electrons. The third-order valence-electron chi connectivity index (χ3n) is 26.2. The number of nitrogens with zero attached hydrogens (tertiary/aromatic N) is 4. The quantitative estimate of drug-likeness (QED) is 0.103. The van der Waals surface area contributed by atoms with E-state index < -0.39 is 0 Å². The molecule has 25 aromatic rings. The first-order chi connectivity index (χ1) is 61.4. The van der Waals surface area contributed by atoms with Gasteiger partial charge in [0.05, 0.1) is 44.1 Å². The van der Waals surface area contributed by atoms with E-state index >= 15 is 0 Å². The minimum absolute atomic E-state index is 1.13. The van der Waals surface area contributed by atoms with Crippen molar-refractivity contribution in [1.82, 2.24) is 18.3 Å². The molecule has 0 aliphatic rings. The molecule has 0 saturated heterocycles. The van der Waals surface area contributed by atoms with E-state index in [2.05, 4.69) is 479 Å². The normalized spacial score (nSPS) is 11.9. The van der Waals surface area contributed by atoms with Crippen LogP contribution in [0.3, 0.4) is 0 Å². The van der Waals surface area contributed by atoms with Gasteiger partial charge in [-0.2, -0.15) is 0 Å². The number of aromatic nitrogens is 4. The number of benzene rings is 21. The van der Waals surface area contributed by atoms with Crippen molar-refractivity contribution in [2.75, 3.05) is 0 Å². The van der Waals surface area contributed by atoms with Gasteiger partial charge in [-0.3, -0.25) is 0 Å². The lowest BCUT2D eigenvalue weighted by atomic mass is 9.91. The highest BCUT2D eigenvalue weighted by atomic mass is 15.0. The maximum Gasteiger partial charge on any atom is 0.0541 e. The van der Waals surface area contributed by atoms with E-state index in [4.69, 9.17) is 0 Å². The topological polar surface area (TPSA) is 19.7 Å². The van der Waals surface area contributed by atoms with Crippen LogP contribution in [0.5, 0.6) is 0 Å². The Morgan fingerprint density at radius 3 is 0.621 bits per heavy atom. The van der Waals surface area contributed by atoms with E-state index in [0.29, 0.717) is 0 Å². The summed E-state index contributed by atoms with van der Waals surface area (Å²) in [5.41, 5.74) is 35.5. The van der Waals surface area contributed by atoms with Gasteiger partial charge in [0.15, 0.2) is 0 Å². The molecular formula is C120H76N4. The smallest absolute Gasteiger partial charge is 0.0541 e. The van der Waals surface area contributed by atoms with Gasteiger partial charge in [-0.05, 0) is 266 Å². The lowest BCUT2D eigenvalue weighted by Gasteiger charge is -2.15. The highest BCUT2D eigenvalue weighted by Gasteiger charge is 2.22. The number of para-hydroxylation sites is 4. The summed E-state index contributed by atoms with van der Waals surface area (Å²) in [6, 6.07) is 171. The molecule has 4 heteroatoms. The monoisotopic (exact) mass is 1570 g/mol. The molecule has 0 fully saturated rings. The second kappa shape index (κ2) is 28.7. The van der Waals surface area contributed by atoms with Crippen molar-refractivity contribution in [2.24, 2.45) is 0 Å². The third kappa shape index (κ3) is 11.7.